The fourth-order valence-corrected chi connectivity index (χ4v) is 2.77. The summed E-state index contributed by atoms with van der Waals surface area (Å²) in [5, 5.41) is 5.81. The van der Waals surface area contributed by atoms with Crippen LogP contribution < -0.4 is 5.32 Å². The molecule has 2 aromatic heterocycles. The van der Waals surface area contributed by atoms with Crippen molar-refractivity contribution in [3.8, 4) is 10.7 Å². The van der Waals surface area contributed by atoms with Gasteiger partial charge in [-0.2, -0.15) is 0 Å². The Balaban J connectivity index is 1.95. The lowest BCUT2D eigenvalue weighted by Crippen LogP contribution is -2.29. The number of aromatic nitrogens is 2. The number of rotatable bonds is 6. The molecule has 106 valence electrons. The lowest BCUT2D eigenvalue weighted by atomic mass is 10.0. The number of hydrogen-bond acceptors (Lipinski definition) is 4. The number of pyridine rings is 1. The zero-order valence-corrected chi connectivity index (χ0v) is 12.6. The Morgan fingerprint density at radius 2 is 2.15 bits per heavy atom. The Kier molecular flexibility index (Phi) is 5.24. The molecule has 0 aliphatic rings. The molecule has 2 rings (SSSR count). The molecule has 0 aliphatic carbocycles. The number of thiazole rings is 1. The molecule has 5 heteroatoms. The van der Waals surface area contributed by atoms with E-state index in [0.717, 1.165) is 29.2 Å². The minimum absolute atomic E-state index is 0.101. The maximum Gasteiger partial charge on any atom is 0.223 e. The van der Waals surface area contributed by atoms with Gasteiger partial charge in [0.1, 0.15) is 5.01 Å². The van der Waals surface area contributed by atoms with Gasteiger partial charge >= 0.3 is 0 Å². The van der Waals surface area contributed by atoms with Crippen LogP contribution in [0.1, 0.15) is 32.4 Å². The summed E-state index contributed by atoms with van der Waals surface area (Å²) in [5.74, 6) is 0.214. The predicted molar refractivity (Wildman–Crippen MR) is 81.3 cm³/mol. The molecule has 0 aliphatic heterocycles. The molecule has 2 aromatic rings. The van der Waals surface area contributed by atoms with E-state index >= 15 is 0 Å². The molecule has 0 bridgehead atoms. The van der Waals surface area contributed by atoms with E-state index in [4.69, 9.17) is 0 Å². The minimum Gasteiger partial charge on any atom is -0.350 e. The molecule has 20 heavy (non-hydrogen) atoms. The second-order valence-electron chi connectivity index (χ2n) is 4.59. The lowest BCUT2D eigenvalue weighted by molar-refractivity contribution is -0.125. The van der Waals surface area contributed by atoms with Crippen LogP contribution in [-0.2, 0) is 11.3 Å². The normalized spacial score (nSPS) is 10.8. The van der Waals surface area contributed by atoms with Gasteiger partial charge in [-0.25, -0.2) is 4.98 Å². The third-order valence-corrected chi connectivity index (χ3v) is 4.15. The molecule has 0 unspecified atom stereocenters. The average Bonchev–Trinajstić information content (AvgIpc) is 2.96. The van der Waals surface area contributed by atoms with Gasteiger partial charge in [-0.05, 0) is 25.0 Å². The SMILES string of the molecule is CCC(CC)C(=O)NCc1csc(-c2ccccn2)n1. The van der Waals surface area contributed by atoms with Crippen molar-refractivity contribution >= 4 is 17.2 Å². The summed E-state index contributed by atoms with van der Waals surface area (Å²) in [6.45, 7) is 4.56. The van der Waals surface area contributed by atoms with Crippen molar-refractivity contribution in [2.75, 3.05) is 0 Å². The number of nitrogens with one attached hydrogen (secondary N) is 1. The van der Waals surface area contributed by atoms with Gasteiger partial charge in [0.15, 0.2) is 0 Å². The van der Waals surface area contributed by atoms with E-state index in [2.05, 4.69) is 15.3 Å². The van der Waals surface area contributed by atoms with Crippen LogP contribution in [-0.4, -0.2) is 15.9 Å². The second kappa shape index (κ2) is 7.14. The fourth-order valence-electron chi connectivity index (χ4n) is 1.98. The predicted octanol–water partition coefficient (Wildman–Crippen LogP) is 3.26. The number of amides is 1. The number of hydrogen-bond donors (Lipinski definition) is 1. The molecule has 2 heterocycles. The van der Waals surface area contributed by atoms with Gasteiger partial charge in [-0.15, -0.1) is 11.3 Å². The van der Waals surface area contributed by atoms with E-state index < -0.39 is 0 Å². The highest BCUT2D eigenvalue weighted by Gasteiger charge is 2.14. The average molecular weight is 289 g/mol. The van der Waals surface area contributed by atoms with Gasteiger partial charge < -0.3 is 5.32 Å². The molecule has 4 nitrogen and oxygen atoms in total. The van der Waals surface area contributed by atoms with Crippen molar-refractivity contribution in [2.45, 2.75) is 33.2 Å². The summed E-state index contributed by atoms with van der Waals surface area (Å²) in [7, 11) is 0. The number of carbonyl (C=O) groups excluding carboxylic acids is 1. The van der Waals surface area contributed by atoms with Gasteiger partial charge in [-0.3, -0.25) is 9.78 Å². The Bertz CT molecular complexity index is 549. The van der Waals surface area contributed by atoms with Crippen LogP contribution in [0.2, 0.25) is 0 Å². The molecule has 0 spiro atoms. The summed E-state index contributed by atoms with van der Waals surface area (Å²) in [6, 6.07) is 5.76. The minimum atomic E-state index is 0.101. The van der Waals surface area contributed by atoms with Gasteiger partial charge in [-0.1, -0.05) is 19.9 Å². The van der Waals surface area contributed by atoms with E-state index in [1.54, 1.807) is 17.5 Å². The van der Waals surface area contributed by atoms with Crippen molar-refractivity contribution in [3.05, 3.63) is 35.5 Å². The maximum absolute atomic E-state index is 11.9. The Labute approximate surface area is 123 Å². The Morgan fingerprint density at radius 3 is 2.80 bits per heavy atom. The van der Waals surface area contributed by atoms with E-state index in [-0.39, 0.29) is 11.8 Å². The smallest absolute Gasteiger partial charge is 0.223 e. The third kappa shape index (κ3) is 3.63. The first kappa shape index (κ1) is 14.7. The van der Waals surface area contributed by atoms with E-state index in [1.165, 1.54) is 0 Å². The number of carbonyl (C=O) groups is 1. The van der Waals surface area contributed by atoms with Crippen LogP contribution in [0.5, 0.6) is 0 Å². The summed E-state index contributed by atoms with van der Waals surface area (Å²) < 4.78 is 0. The van der Waals surface area contributed by atoms with Gasteiger partial charge in [0, 0.05) is 17.5 Å². The Morgan fingerprint density at radius 1 is 1.35 bits per heavy atom. The molecule has 0 atom stereocenters. The van der Waals surface area contributed by atoms with Crippen molar-refractivity contribution in [1.82, 2.24) is 15.3 Å². The van der Waals surface area contributed by atoms with Gasteiger partial charge in [0.2, 0.25) is 5.91 Å². The van der Waals surface area contributed by atoms with E-state index in [0.29, 0.717) is 6.54 Å². The van der Waals surface area contributed by atoms with E-state index in [1.807, 2.05) is 37.4 Å². The molecule has 0 radical (unpaired) electrons. The standard InChI is InChI=1S/C15H19N3OS/c1-3-11(4-2)14(19)17-9-12-10-20-15(18-12)13-7-5-6-8-16-13/h5-8,10-11H,3-4,9H2,1-2H3,(H,17,19). The summed E-state index contributed by atoms with van der Waals surface area (Å²) in [6.07, 6.45) is 3.50. The topological polar surface area (TPSA) is 54.9 Å². The molecule has 0 saturated heterocycles. The molecule has 0 fully saturated rings. The van der Waals surface area contributed by atoms with Crippen LogP contribution in [0.15, 0.2) is 29.8 Å². The van der Waals surface area contributed by atoms with Crippen LogP contribution in [0.25, 0.3) is 10.7 Å². The van der Waals surface area contributed by atoms with Crippen LogP contribution >= 0.6 is 11.3 Å². The molecular weight excluding hydrogens is 270 g/mol. The highest BCUT2D eigenvalue weighted by Crippen LogP contribution is 2.21. The monoisotopic (exact) mass is 289 g/mol. The second-order valence-corrected chi connectivity index (χ2v) is 5.45. The van der Waals surface area contributed by atoms with Crippen LogP contribution in [0, 0.1) is 5.92 Å². The lowest BCUT2D eigenvalue weighted by Gasteiger charge is -2.11. The van der Waals surface area contributed by atoms with Crippen molar-refractivity contribution in [3.63, 3.8) is 0 Å². The molecule has 1 amide bonds. The van der Waals surface area contributed by atoms with Crippen molar-refractivity contribution in [2.24, 2.45) is 5.92 Å². The first-order valence-corrected chi connectivity index (χ1v) is 7.76. The molecule has 0 saturated carbocycles. The largest absolute Gasteiger partial charge is 0.350 e. The van der Waals surface area contributed by atoms with Crippen LogP contribution in [0.4, 0.5) is 0 Å². The summed E-state index contributed by atoms with van der Waals surface area (Å²) in [5.41, 5.74) is 1.75. The quantitative estimate of drug-likeness (QED) is 0.888. The summed E-state index contributed by atoms with van der Waals surface area (Å²) >= 11 is 1.55. The molecular formula is C15H19N3OS. The zero-order chi connectivity index (χ0) is 14.4. The summed E-state index contributed by atoms with van der Waals surface area (Å²) in [4.78, 5) is 20.7. The van der Waals surface area contributed by atoms with Gasteiger partial charge in [0.25, 0.3) is 0 Å². The first-order chi connectivity index (χ1) is 9.74. The fraction of sp³-hybridized carbons (Fsp3) is 0.400. The highest BCUT2D eigenvalue weighted by atomic mass is 32.1. The number of nitrogens with zero attached hydrogens (tertiary/aromatic N) is 2. The zero-order valence-electron chi connectivity index (χ0n) is 11.8. The Hall–Kier alpha value is -1.75. The van der Waals surface area contributed by atoms with Crippen molar-refractivity contribution in [1.29, 1.82) is 0 Å². The molecule has 0 aromatic carbocycles. The highest BCUT2D eigenvalue weighted by molar-refractivity contribution is 7.13. The van der Waals surface area contributed by atoms with Crippen LogP contribution in [0.3, 0.4) is 0 Å². The third-order valence-electron chi connectivity index (χ3n) is 3.24. The maximum atomic E-state index is 11.9. The first-order valence-electron chi connectivity index (χ1n) is 6.88. The van der Waals surface area contributed by atoms with Gasteiger partial charge in [0.05, 0.1) is 17.9 Å². The molecule has 1 N–H and O–H groups in total. The van der Waals surface area contributed by atoms with Crippen molar-refractivity contribution < 1.29 is 4.79 Å². The van der Waals surface area contributed by atoms with E-state index in [9.17, 15) is 4.79 Å².